The minimum atomic E-state index is -0.835. The number of nitrogens with one attached hydrogen (secondary N) is 1. The largest absolute Gasteiger partial charge is 0.493 e. The molecule has 3 aromatic carbocycles. The Morgan fingerprint density at radius 1 is 0.816 bits per heavy atom. The van der Waals surface area contributed by atoms with Gasteiger partial charge in [-0.25, -0.2) is 9.69 Å². The number of anilines is 1. The summed E-state index contributed by atoms with van der Waals surface area (Å²) in [6.45, 7) is 3.06. The zero-order chi connectivity index (χ0) is 27.1. The minimum absolute atomic E-state index is 0.199. The van der Waals surface area contributed by atoms with Gasteiger partial charge in [-0.2, -0.15) is 0 Å². The first-order valence-electron chi connectivity index (χ1n) is 11.8. The Kier molecular flexibility index (Phi) is 8.89. The van der Waals surface area contributed by atoms with Gasteiger partial charge >= 0.3 is 6.03 Å². The van der Waals surface area contributed by atoms with Crippen molar-refractivity contribution in [2.24, 2.45) is 0 Å². The van der Waals surface area contributed by atoms with E-state index in [4.69, 9.17) is 37.4 Å². The van der Waals surface area contributed by atoms with E-state index < -0.39 is 17.8 Å². The Morgan fingerprint density at radius 2 is 1.47 bits per heavy atom. The normalized spacial score (nSPS) is 14.4. The number of halogens is 2. The lowest BCUT2D eigenvalue weighted by Gasteiger charge is -2.26. The van der Waals surface area contributed by atoms with Gasteiger partial charge in [-0.15, -0.1) is 0 Å². The van der Waals surface area contributed by atoms with Crippen LogP contribution in [0.5, 0.6) is 17.2 Å². The van der Waals surface area contributed by atoms with Crippen LogP contribution in [0.25, 0.3) is 6.08 Å². The lowest BCUT2D eigenvalue weighted by molar-refractivity contribution is -0.122. The van der Waals surface area contributed by atoms with Crippen LogP contribution in [-0.2, 0) is 9.59 Å². The average molecular weight is 555 g/mol. The quantitative estimate of drug-likeness (QED) is 0.190. The van der Waals surface area contributed by atoms with Crippen LogP contribution in [0.3, 0.4) is 0 Å². The first kappa shape index (κ1) is 27.0. The molecular weight excluding hydrogens is 531 g/mol. The van der Waals surface area contributed by atoms with Gasteiger partial charge in [0.2, 0.25) is 0 Å². The number of carbonyl (C=O) groups is 3. The molecule has 0 bridgehead atoms. The third-order valence-corrected chi connectivity index (χ3v) is 5.90. The molecule has 0 saturated carbocycles. The molecule has 4 amide bonds. The highest BCUT2D eigenvalue weighted by Crippen LogP contribution is 2.30. The summed E-state index contributed by atoms with van der Waals surface area (Å²) in [5, 5.41) is 3.29. The van der Waals surface area contributed by atoms with Crippen LogP contribution >= 0.6 is 23.2 Å². The maximum Gasteiger partial charge on any atom is 0.335 e. The van der Waals surface area contributed by atoms with Crippen molar-refractivity contribution < 1.29 is 28.6 Å². The second-order valence-corrected chi connectivity index (χ2v) is 8.95. The second-order valence-electron chi connectivity index (χ2n) is 8.08. The van der Waals surface area contributed by atoms with Gasteiger partial charge < -0.3 is 14.2 Å². The van der Waals surface area contributed by atoms with Gasteiger partial charge in [-0.05, 0) is 79.2 Å². The Labute approximate surface area is 229 Å². The van der Waals surface area contributed by atoms with Crippen LogP contribution in [0.2, 0.25) is 10.0 Å². The molecule has 0 aromatic heterocycles. The zero-order valence-electron chi connectivity index (χ0n) is 20.4. The predicted octanol–water partition coefficient (Wildman–Crippen LogP) is 5.91. The SMILES string of the molecule is CCOc1cc(C=C2C(=O)NC(=O)N(c3ccc(Cl)cc3)C2=O)ccc1OCCCOc1ccc(Cl)cc1. The predicted molar refractivity (Wildman–Crippen MR) is 145 cm³/mol. The van der Waals surface area contributed by atoms with Gasteiger partial charge in [0.15, 0.2) is 11.5 Å². The van der Waals surface area contributed by atoms with Crippen LogP contribution in [0.15, 0.2) is 72.3 Å². The number of ether oxygens (including phenoxy) is 3. The molecule has 1 N–H and O–H groups in total. The maximum atomic E-state index is 13.1. The van der Waals surface area contributed by atoms with Crippen molar-refractivity contribution in [2.45, 2.75) is 13.3 Å². The topological polar surface area (TPSA) is 94.2 Å². The molecule has 4 rings (SSSR count). The highest BCUT2D eigenvalue weighted by molar-refractivity contribution is 6.39. The summed E-state index contributed by atoms with van der Waals surface area (Å²) in [6, 6.07) is 17.5. The molecule has 8 nitrogen and oxygen atoms in total. The number of rotatable bonds is 10. The molecule has 0 atom stereocenters. The van der Waals surface area contributed by atoms with Crippen LogP contribution in [0.4, 0.5) is 10.5 Å². The molecule has 0 spiro atoms. The van der Waals surface area contributed by atoms with Crippen molar-refractivity contribution in [3.63, 3.8) is 0 Å². The van der Waals surface area contributed by atoms with E-state index in [1.807, 2.05) is 6.92 Å². The summed E-state index contributed by atoms with van der Waals surface area (Å²) in [5.41, 5.74) is 0.611. The lowest BCUT2D eigenvalue weighted by atomic mass is 10.1. The minimum Gasteiger partial charge on any atom is -0.493 e. The molecule has 1 fully saturated rings. The number of hydrogen-bond donors (Lipinski definition) is 1. The summed E-state index contributed by atoms with van der Waals surface area (Å²) in [5.74, 6) is 0.149. The number of imide groups is 2. The molecule has 10 heteroatoms. The Balaban J connectivity index is 1.45. The average Bonchev–Trinajstić information content (AvgIpc) is 2.89. The smallest absolute Gasteiger partial charge is 0.335 e. The van der Waals surface area contributed by atoms with Crippen molar-refractivity contribution in [2.75, 3.05) is 24.7 Å². The fourth-order valence-electron chi connectivity index (χ4n) is 3.61. The van der Waals surface area contributed by atoms with E-state index >= 15 is 0 Å². The van der Waals surface area contributed by atoms with Crippen LogP contribution < -0.4 is 24.4 Å². The van der Waals surface area contributed by atoms with Gasteiger partial charge in [-0.1, -0.05) is 29.3 Å². The van der Waals surface area contributed by atoms with Crippen molar-refractivity contribution in [3.05, 3.63) is 87.9 Å². The molecule has 0 unspecified atom stereocenters. The zero-order valence-corrected chi connectivity index (χ0v) is 21.9. The number of urea groups is 1. The van der Waals surface area contributed by atoms with Crippen molar-refractivity contribution in [1.82, 2.24) is 5.32 Å². The van der Waals surface area contributed by atoms with E-state index in [2.05, 4.69) is 5.32 Å². The van der Waals surface area contributed by atoms with E-state index in [-0.39, 0.29) is 11.3 Å². The Bertz CT molecular complexity index is 1360. The first-order valence-corrected chi connectivity index (χ1v) is 12.6. The van der Waals surface area contributed by atoms with Crippen molar-refractivity contribution in [3.8, 4) is 17.2 Å². The van der Waals surface area contributed by atoms with E-state index in [1.54, 1.807) is 54.6 Å². The number of amides is 4. The molecule has 3 aromatic rings. The summed E-state index contributed by atoms with van der Waals surface area (Å²) in [7, 11) is 0. The van der Waals surface area contributed by atoms with E-state index in [0.29, 0.717) is 53.3 Å². The first-order chi connectivity index (χ1) is 18.4. The summed E-state index contributed by atoms with van der Waals surface area (Å²) < 4.78 is 17.3. The van der Waals surface area contributed by atoms with Crippen LogP contribution in [0.1, 0.15) is 18.9 Å². The van der Waals surface area contributed by atoms with E-state index in [0.717, 1.165) is 10.6 Å². The van der Waals surface area contributed by atoms with E-state index in [9.17, 15) is 14.4 Å². The van der Waals surface area contributed by atoms with Gasteiger partial charge in [0, 0.05) is 16.5 Å². The number of carbonyl (C=O) groups excluding carboxylic acids is 3. The van der Waals surface area contributed by atoms with Crippen molar-refractivity contribution in [1.29, 1.82) is 0 Å². The third-order valence-electron chi connectivity index (χ3n) is 5.39. The summed E-state index contributed by atoms with van der Waals surface area (Å²) in [6.07, 6.45) is 2.03. The van der Waals surface area contributed by atoms with Gasteiger partial charge in [0.05, 0.1) is 25.5 Å². The molecule has 38 heavy (non-hydrogen) atoms. The Morgan fingerprint density at radius 3 is 2.16 bits per heavy atom. The highest BCUT2D eigenvalue weighted by atomic mass is 35.5. The number of barbiturate groups is 1. The van der Waals surface area contributed by atoms with Crippen molar-refractivity contribution >= 4 is 52.8 Å². The molecule has 1 aliphatic heterocycles. The summed E-state index contributed by atoms with van der Waals surface area (Å²) >= 11 is 11.8. The second kappa shape index (κ2) is 12.5. The molecule has 1 heterocycles. The molecule has 0 radical (unpaired) electrons. The van der Waals surface area contributed by atoms with Gasteiger partial charge in [0.1, 0.15) is 11.3 Å². The highest BCUT2D eigenvalue weighted by Gasteiger charge is 2.36. The monoisotopic (exact) mass is 554 g/mol. The van der Waals surface area contributed by atoms with Crippen LogP contribution in [0, 0.1) is 0 Å². The third kappa shape index (κ3) is 6.65. The molecule has 1 saturated heterocycles. The fourth-order valence-corrected chi connectivity index (χ4v) is 3.86. The molecular formula is C28H24Cl2N2O6. The molecule has 196 valence electrons. The van der Waals surface area contributed by atoms with Gasteiger partial charge in [0.25, 0.3) is 11.8 Å². The molecule has 0 aliphatic carbocycles. The fraction of sp³-hybridized carbons (Fsp3) is 0.179. The number of hydrogen-bond acceptors (Lipinski definition) is 6. The van der Waals surface area contributed by atoms with E-state index in [1.165, 1.54) is 18.2 Å². The molecule has 1 aliphatic rings. The Hall–Kier alpha value is -4.01. The standard InChI is InChI=1S/C28H24Cl2N2O6/c1-2-36-25-17-18(4-13-24(25)38-15-3-14-37-22-11-7-20(30)8-12-22)16-23-26(33)31-28(35)32(27(23)34)21-9-5-19(29)6-10-21/h4-13,16-17H,2-3,14-15H2,1H3,(H,31,33,35). The van der Waals surface area contributed by atoms with Crippen LogP contribution in [-0.4, -0.2) is 37.7 Å². The van der Waals surface area contributed by atoms with Gasteiger partial charge in [-0.3, -0.25) is 14.9 Å². The maximum absolute atomic E-state index is 13.1. The number of nitrogens with zero attached hydrogens (tertiary/aromatic N) is 1. The lowest BCUT2D eigenvalue weighted by Crippen LogP contribution is -2.54. The number of benzene rings is 3. The summed E-state index contributed by atoms with van der Waals surface area (Å²) in [4.78, 5) is 38.9.